The van der Waals surface area contributed by atoms with Crippen molar-refractivity contribution in [3.05, 3.63) is 164 Å². The first-order chi connectivity index (χ1) is 23.8. The van der Waals surface area contributed by atoms with Crippen molar-refractivity contribution < 1.29 is 0 Å². The number of imidazole rings is 1. The van der Waals surface area contributed by atoms with Crippen LogP contribution in [0, 0.1) is 0 Å². The van der Waals surface area contributed by atoms with Crippen LogP contribution in [0.2, 0.25) is 0 Å². The minimum Gasteiger partial charge on any atom is -0.306 e. The molecule has 1 aliphatic rings. The molecular weight excluding hydrogens is 583 g/mol. The lowest BCUT2D eigenvalue weighted by atomic mass is 9.84. The van der Waals surface area contributed by atoms with Crippen LogP contribution in [-0.2, 0) is 6.42 Å². The van der Waals surface area contributed by atoms with Gasteiger partial charge in [-0.15, -0.1) is 0 Å². The van der Waals surface area contributed by atoms with E-state index in [0.29, 0.717) is 0 Å². The normalized spacial score (nSPS) is 12.3. The molecule has 8 aromatic carbocycles. The van der Waals surface area contributed by atoms with Crippen molar-refractivity contribution in [1.82, 2.24) is 9.55 Å². The first kappa shape index (κ1) is 27.0. The molecule has 9 aromatic rings. The quantitative estimate of drug-likeness (QED) is 0.184. The van der Waals surface area contributed by atoms with Gasteiger partial charge in [0, 0.05) is 12.1 Å². The number of aromatic nitrogens is 2. The van der Waals surface area contributed by atoms with Crippen molar-refractivity contribution in [2.45, 2.75) is 13.3 Å². The molecule has 0 bridgehead atoms. The second-order valence-electron chi connectivity index (χ2n) is 12.6. The number of rotatable bonds is 4. The Morgan fingerprint density at radius 2 is 1.12 bits per heavy atom. The van der Waals surface area contributed by atoms with Gasteiger partial charge < -0.3 is 4.90 Å². The predicted octanol–water partition coefficient (Wildman–Crippen LogP) is 12.2. The van der Waals surface area contributed by atoms with E-state index in [4.69, 9.17) is 4.98 Å². The van der Waals surface area contributed by atoms with E-state index >= 15 is 0 Å². The molecule has 226 valence electrons. The van der Waals surface area contributed by atoms with Gasteiger partial charge in [-0.25, -0.2) is 4.98 Å². The smallest absolute Gasteiger partial charge is 0.114 e. The minimum atomic E-state index is 0.842. The van der Waals surface area contributed by atoms with Gasteiger partial charge in [-0.3, -0.25) is 4.57 Å². The molecule has 1 aromatic heterocycles. The maximum absolute atomic E-state index is 5.14. The first-order valence-corrected chi connectivity index (χ1v) is 16.7. The number of benzene rings is 8. The van der Waals surface area contributed by atoms with E-state index in [1.54, 1.807) is 0 Å². The van der Waals surface area contributed by atoms with Crippen LogP contribution in [0.1, 0.15) is 12.7 Å². The molecule has 0 radical (unpaired) electrons. The van der Waals surface area contributed by atoms with E-state index in [2.05, 4.69) is 174 Å². The van der Waals surface area contributed by atoms with Crippen molar-refractivity contribution >= 4 is 60.4 Å². The minimum absolute atomic E-state index is 0.842. The third-order valence-corrected chi connectivity index (χ3v) is 10.0. The average molecular weight is 614 g/mol. The summed E-state index contributed by atoms with van der Waals surface area (Å²) in [7, 11) is 0. The first-order valence-electron chi connectivity index (χ1n) is 16.7. The van der Waals surface area contributed by atoms with Gasteiger partial charge in [-0.2, -0.15) is 0 Å². The highest BCUT2D eigenvalue weighted by atomic mass is 15.2. The highest BCUT2D eigenvalue weighted by Gasteiger charge is 2.29. The number of nitrogens with zero attached hydrogens (tertiary/aromatic N) is 3. The summed E-state index contributed by atoms with van der Waals surface area (Å²) >= 11 is 0. The number of aryl methyl sites for hydroxylation is 1. The van der Waals surface area contributed by atoms with Crippen LogP contribution < -0.4 is 4.90 Å². The lowest BCUT2D eigenvalue weighted by Crippen LogP contribution is -2.19. The van der Waals surface area contributed by atoms with Crippen LogP contribution in [0.4, 0.5) is 17.1 Å². The van der Waals surface area contributed by atoms with Crippen molar-refractivity contribution in [3.63, 3.8) is 0 Å². The molecule has 0 aliphatic carbocycles. The van der Waals surface area contributed by atoms with Crippen molar-refractivity contribution in [2.24, 2.45) is 0 Å². The van der Waals surface area contributed by atoms with Crippen LogP contribution in [0.25, 0.3) is 71.3 Å². The van der Waals surface area contributed by atoms with E-state index in [-0.39, 0.29) is 0 Å². The fraction of sp³-hybridized carbons (Fsp3) is 0.0444. The Balaban J connectivity index is 1.30. The number of para-hydroxylation sites is 2. The predicted molar refractivity (Wildman–Crippen MR) is 202 cm³/mol. The fourth-order valence-electron chi connectivity index (χ4n) is 8.04. The monoisotopic (exact) mass is 613 g/mol. The number of anilines is 3. The van der Waals surface area contributed by atoms with E-state index < -0.39 is 0 Å². The van der Waals surface area contributed by atoms with Gasteiger partial charge in [-0.05, 0) is 91.0 Å². The standard InChI is InChI=1S/C45H31N3/c1-2-42-46-38-24-13-25-40-45(38)48(42)41-28-30(26-27-39(41)47(40)31-16-4-3-5-17-31)43-34-19-8-10-21-36(34)44(37-22-11-9-20-35(37)43)33-23-12-15-29-14-6-7-18-32(29)33/h3-28H,2H2,1H3. The van der Waals surface area contributed by atoms with Crippen LogP contribution in [0.5, 0.6) is 0 Å². The molecule has 0 saturated carbocycles. The van der Waals surface area contributed by atoms with Gasteiger partial charge >= 0.3 is 0 Å². The van der Waals surface area contributed by atoms with Gasteiger partial charge in [0.15, 0.2) is 0 Å². The molecule has 2 heterocycles. The molecule has 0 spiro atoms. The molecule has 0 saturated heterocycles. The summed E-state index contributed by atoms with van der Waals surface area (Å²) in [5.74, 6) is 1.07. The molecule has 0 unspecified atom stereocenters. The second kappa shape index (κ2) is 10.4. The summed E-state index contributed by atoms with van der Waals surface area (Å²) in [6.07, 6.45) is 0.842. The number of hydrogen-bond acceptors (Lipinski definition) is 2. The molecular formula is C45H31N3. The Morgan fingerprint density at radius 3 is 1.85 bits per heavy atom. The van der Waals surface area contributed by atoms with Gasteiger partial charge in [0.2, 0.25) is 0 Å². The summed E-state index contributed by atoms with van der Waals surface area (Å²) in [4.78, 5) is 7.53. The third kappa shape index (κ3) is 3.79. The number of hydrogen-bond donors (Lipinski definition) is 0. The van der Waals surface area contributed by atoms with Crippen molar-refractivity contribution in [3.8, 4) is 27.9 Å². The second-order valence-corrected chi connectivity index (χ2v) is 12.6. The van der Waals surface area contributed by atoms with Crippen molar-refractivity contribution in [1.29, 1.82) is 0 Å². The molecule has 0 N–H and O–H groups in total. The highest BCUT2D eigenvalue weighted by Crippen LogP contribution is 2.50. The average Bonchev–Trinajstić information content (AvgIpc) is 3.54. The zero-order valence-corrected chi connectivity index (χ0v) is 26.6. The fourth-order valence-corrected chi connectivity index (χ4v) is 8.04. The van der Waals surface area contributed by atoms with Crippen LogP contribution in [0.15, 0.2) is 158 Å². The van der Waals surface area contributed by atoms with Gasteiger partial charge in [0.25, 0.3) is 0 Å². The van der Waals surface area contributed by atoms with Gasteiger partial charge in [-0.1, -0.05) is 128 Å². The summed E-state index contributed by atoms with van der Waals surface area (Å²) < 4.78 is 2.40. The molecule has 0 fully saturated rings. The molecule has 3 heteroatoms. The Kier molecular flexibility index (Phi) is 5.85. The molecule has 0 atom stereocenters. The van der Waals surface area contributed by atoms with Crippen LogP contribution in [0.3, 0.4) is 0 Å². The van der Waals surface area contributed by atoms with E-state index in [1.165, 1.54) is 54.6 Å². The molecule has 48 heavy (non-hydrogen) atoms. The SMILES string of the molecule is CCc1nc2cccc3c2n1-c1cc(-c2c4ccccc4c(-c4cccc5ccccc45)c4ccccc24)ccc1N3c1ccccc1. The maximum Gasteiger partial charge on any atom is 0.114 e. The van der Waals surface area contributed by atoms with Crippen molar-refractivity contribution in [2.75, 3.05) is 4.90 Å². The van der Waals surface area contributed by atoms with E-state index in [0.717, 1.165) is 46.0 Å². The molecule has 0 amide bonds. The zero-order chi connectivity index (χ0) is 31.8. The lowest BCUT2D eigenvalue weighted by Gasteiger charge is -2.33. The van der Waals surface area contributed by atoms with Gasteiger partial charge in [0.1, 0.15) is 5.82 Å². The summed E-state index contributed by atoms with van der Waals surface area (Å²) in [5.41, 5.74) is 11.8. The highest BCUT2D eigenvalue weighted by molar-refractivity contribution is 6.23. The topological polar surface area (TPSA) is 21.1 Å². The van der Waals surface area contributed by atoms with Gasteiger partial charge in [0.05, 0.1) is 28.1 Å². The molecule has 1 aliphatic heterocycles. The number of fused-ring (bicyclic) bond motifs is 5. The largest absolute Gasteiger partial charge is 0.306 e. The molecule has 10 rings (SSSR count). The Hall–Kier alpha value is -6.19. The molecule has 3 nitrogen and oxygen atoms in total. The summed E-state index contributed by atoms with van der Waals surface area (Å²) in [5, 5.41) is 7.55. The Morgan fingerprint density at radius 1 is 0.500 bits per heavy atom. The van der Waals surface area contributed by atoms with Crippen LogP contribution >= 0.6 is 0 Å². The van der Waals surface area contributed by atoms with Crippen LogP contribution in [-0.4, -0.2) is 9.55 Å². The zero-order valence-electron chi connectivity index (χ0n) is 26.6. The summed E-state index contributed by atoms with van der Waals surface area (Å²) in [6, 6.07) is 57.5. The maximum atomic E-state index is 5.14. The van der Waals surface area contributed by atoms with E-state index in [9.17, 15) is 0 Å². The van der Waals surface area contributed by atoms with E-state index in [1.807, 2.05) is 0 Å². The third-order valence-electron chi connectivity index (χ3n) is 10.0. The summed E-state index contributed by atoms with van der Waals surface area (Å²) in [6.45, 7) is 2.20. The Bertz CT molecular complexity index is 2660. The lowest BCUT2D eigenvalue weighted by molar-refractivity contribution is 0.901. The Labute approximate surface area is 279 Å².